The molecule has 94 valence electrons. The molecule has 0 spiro atoms. The second-order valence-corrected chi connectivity index (χ2v) is 4.54. The van der Waals surface area contributed by atoms with Crippen LogP contribution < -0.4 is 5.73 Å². The highest BCUT2D eigenvalue weighted by Gasteiger charge is 2.25. The molecule has 0 unspecified atom stereocenters. The number of hydrogen-bond donors (Lipinski definition) is 1. The van der Waals surface area contributed by atoms with E-state index in [4.69, 9.17) is 10.5 Å². The lowest BCUT2D eigenvalue weighted by atomic mass is 10.0. The van der Waals surface area contributed by atoms with Gasteiger partial charge in [-0.15, -0.1) is 0 Å². The summed E-state index contributed by atoms with van der Waals surface area (Å²) in [5, 5.41) is 0. The minimum Gasteiger partial charge on any atom is -0.381 e. The largest absolute Gasteiger partial charge is 0.381 e. The average Bonchev–Trinajstić information content (AvgIpc) is 2.35. The van der Waals surface area contributed by atoms with E-state index in [0.717, 1.165) is 45.3 Å². The number of ether oxygens (including phenoxy) is 1. The van der Waals surface area contributed by atoms with Crippen LogP contribution in [0.2, 0.25) is 0 Å². The SMILES string of the molecule is CCCC[C@H](N)C(=O)N(C)C1CCOCC1. The maximum Gasteiger partial charge on any atom is 0.239 e. The molecule has 0 aliphatic carbocycles. The molecule has 2 N–H and O–H groups in total. The van der Waals surface area contributed by atoms with Crippen molar-refractivity contribution in [1.82, 2.24) is 4.90 Å². The molecule has 0 saturated carbocycles. The van der Waals surface area contributed by atoms with Crippen molar-refractivity contribution in [3.05, 3.63) is 0 Å². The van der Waals surface area contributed by atoms with Crippen molar-refractivity contribution >= 4 is 5.91 Å². The maximum atomic E-state index is 12.0. The summed E-state index contributed by atoms with van der Waals surface area (Å²) < 4.78 is 5.29. The van der Waals surface area contributed by atoms with Crippen molar-refractivity contribution in [2.45, 2.75) is 51.1 Å². The molecule has 1 aliphatic heterocycles. The highest BCUT2D eigenvalue weighted by molar-refractivity contribution is 5.81. The molecule has 1 rings (SSSR count). The maximum absolute atomic E-state index is 12.0. The number of carbonyl (C=O) groups is 1. The standard InChI is InChI=1S/C12H24N2O2/c1-3-4-5-11(13)12(15)14(2)10-6-8-16-9-7-10/h10-11H,3-9,13H2,1-2H3/t11-/m0/s1. The molecule has 1 aliphatic rings. The van der Waals surface area contributed by atoms with Crippen LogP contribution in [-0.2, 0) is 9.53 Å². The van der Waals surface area contributed by atoms with Crippen LogP contribution in [-0.4, -0.2) is 43.2 Å². The minimum absolute atomic E-state index is 0.0837. The van der Waals surface area contributed by atoms with Gasteiger partial charge in [0.05, 0.1) is 6.04 Å². The van der Waals surface area contributed by atoms with Crippen LogP contribution in [0.1, 0.15) is 39.0 Å². The molecule has 16 heavy (non-hydrogen) atoms. The zero-order chi connectivity index (χ0) is 12.0. The Labute approximate surface area is 98.1 Å². The van der Waals surface area contributed by atoms with Gasteiger partial charge in [0.2, 0.25) is 5.91 Å². The van der Waals surface area contributed by atoms with Crippen molar-refractivity contribution in [3.8, 4) is 0 Å². The molecule has 4 nitrogen and oxygen atoms in total. The van der Waals surface area contributed by atoms with Crippen molar-refractivity contribution < 1.29 is 9.53 Å². The average molecular weight is 228 g/mol. The van der Waals surface area contributed by atoms with Gasteiger partial charge in [0, 0.05) is 26.3 Å². The topological polar surface area (TPSA) is 55.6 Å². The second-order valence-electron chi connectivity index (χ2n) is 4.54. The van der Waals surface area contributed by atoms with E-state index >= 15 is 0 Å². The number of hydrogen-bond acceptors (Lipinski definition) is 3. The number of carbonyl (C=O) groups excluding carboxylic acids is 1. The van der Waals surface area contributed by atoms with Gasteiger partial charge in [0.25, 0.3) is 0 Å². The second kappa shape index (κ2) is 6.86. The van der Waals surface area contributed by atoms with Gasteiger partial charge in [-0.3, -0.25) is 4.79 Å². The first kappa shape index (κ1) is 13.5. The van der Waals surface area contributed by atoms with E-state index in [1.165, 1.54) is 0 Å². The van der Waals surface area contributed by atoms with E-state index in [2.05, 4.69) is 6.92 Å². The first-order chi connectivity index (χ1) is 7.66. The molecule has 1 saturated heterocycles. The van der Waals surface area contributed by atoms with Crippen LogP contribution in [0, 0.1) is 0 Å². The van der Waals surface area contributed by atoms with Crippen LogP contribution in [0.3, 0.4) is 0 Å². The van der Waals surface area contributed by atoms with E-state index in [1.54, 1.807) is 0 Å². The van der Waals surface area contributed by atoms with Gasteiger partial charge in [0.1, 0.15) is 0 Å². The van der Waals surface area contributed by atoms with E-state index in [0.29, 0.717) is 6.04 Å². The number of nitrogens with zero attached hydrogens (tertiary/aromatic N) is 1. The van der Waals surface area contributed by atoms with Crippen LogP contribution in [0.15, 0.2) is 0 Å². The van der Waals surface area contributed by atoms with E-state index in [9.17, 15) is 4.79 Å². The summed E-state index contributed by atoms with van der Waals surface area (Å²) in [6.45, 7) is 3.62. The van der Waals surface area contributed by atoms with Crippen molar-refractivity contribution in [2.24, 2.45) is 5.73 Å². The highest BCUT2D eigenvalue weighted by Crippen LogP contribution is 2.14. The first-order valence-corrected chi connectivity index (χ1v) is 6.26. The van der Waals surface area contributed by atoms with Gasteiger partial charge in [-0.2, -0.15) is 0 Å². The summed E-state index contributed by atoms with van der Waals surface area (Å²) in [6.07, 6.45) is 4.77. The Hall–Kier alpha value is -0.610. The van der Waals surface area contributed by atoms with E-state index in [1.807, 2.05) is 11.9 Å². The summed E-state index contributed by atoms with van der Waals surface area (Å²) in [5.74, 6) is 0.0837. The van der Waals surface area contributed by atoms with Crippen molar-refractivity contribution in [1.29, 1.82) is 0 Å². The molecule has 4 heteroatoms. The summed E-state index contributed by atoms with van der Waals surface area (Å²) in [6, 6.07) is -0.0123. The Morgan fingerprint density at radius 2 is 2.12 bits per heavy atom. The Bertz CT molecular complexity index is 215. The third-order valence-corrected chi connectivity index (χ3v) is 3.27. The quantitative estimate of drug-likeness (QED) is 0.767. The molecule has 0 radical (unpaired) electrons. The predicted octanol–water partition coefficient (Wildman–Crippen LogP) is 1.14. The third kappa shape index (κ3) is 3.76. The lowest BCUT2D eigenvalue weighted by Gasteiger charge is -2.32. The monoisotopic (exact) mass is 228 g/mol. The van der Waals surface area contributed by atoms with E-state index < -0.39 is 0 Å². The Morgan fingerprint density at radius 1 is 1.50 bits per heavy atom. The molecule has 0 aromatic heterocycles. The molecule has 1 heterocycles. The first-order valence-electron chi connectivity index (χ1n) is 6.26. The van der Waals surface area contributed by atoms with Crippen LogP contribution >= 0.6 is 0 Å². The van der Waals surface area contributed by atoms with Crippen LogP contribution in [0.5, 0.6) is 0 Å². The predicted molar refractivity (Wildman–Crippen MR) is 64.1 cm³/mol. The number of likely N-dealkylation sites (N-methyl/N-ethyl adjacent to an activating group) is 1. The summed E-state index contributed by atoms with van der Waals surface area (Å²) >= 11 is 0. The van der Waals surface area contributed by atoms with Gasteiger partial charge in [-0.05, 0) is 19.3 Å². The summed E-state index contributed by atoms with van der Waals surface area (Å²) in [7, 11) is 1.87. The van der Waals surface area contributed by atoms with Gasteiger partial charge in [0.15, 0.2) is 0 Å². The zero-order valence-corrected chi connectivity index (χ0v) is 10.4. The number of unbranched alkanes of at least 4 members (excludes halogenated alkanes) is 1. The van der Waals surface area contributed by atoms with Gasteiger partial charge in [-0.1, -0.05) is 19.8 Å². The molecular weight excluding hydrogens is 204 g/mol. The lowest BCUT2D eigenvalue weighted by molar-refractivity contribution is -0.135. The normalized spacial score (nSPS) is 19.4. The van der Waals surface area contributed by atoms with Gasteiger partial charge in [-0.25, -0.2) is 0 Å². The van der Waals surface area contributed by atoms with Crippen LogP contribution in [0.4, 0.5) is 0 Å². The molecule has 1 atom stereocenters. The van der Waals surface area contributed by atoms with E-state index in [-0.39, 0.29) is 11.9 Å². The summed E-state index contributed by atoms with van der Waals surface area (Å²) in [4.78, 5) is 13.8. The minimum atomic E-state index is -0.326. The van der Waals surface area contributed by atoms with Crippen LogP contribution in [0.25, 0.3) is 0 Å². The number of nitrogens with two attached hydrogens (primary N) is 1. The molecule has 1 amide bonds. The Morgan fingerprint density at radius 3 is 2.69 bits per heavy atom. The van der Waals surface area contributed by atoms with Gasteiger partial charge < -0.3 is 15.4 Å². The lowest BCUT2D eigenvalue weighted by Crippen LogP contribution is -2.48. The Kier molecular flexibility index (Phi) is 5.77. The fourth-order valence-electron chi connectivity index (χ4n) is 2.06. The number of rotatable bonds is 5. The molecule has 0 aromatic carbocycles. The smallest absolute Gasteiger partial charge is 0.239 e. The fraction of sp³-hybridized carbons (Fsp3) is 0.917. The van der Waals surface area contributed by atoms with Gasteiger partial charge >= 0.3 is 0 Å². The van der Waals surface area contributed by atoms with Crippen molar-refractivity contribution in [3.63, 3.8) is 0 Å². The van der Waals surface area contributed by atoms with Crippen molar-refractivity contribution in [2.75, 3.05) is 20.3 Å². The summed E-state index contributed by atoms with van der Waals surface area (Å²) in [5.41, 5.74) is 5.89. The molecule has 0 aromatic rings. The highest BCUT2D eigenvalue weighted by atomic mass is 16.5. The molecular formula is C12H24N2O2. The zero-order valence-electron chi connectivity index (χ0n) is 10.4. The Balaban J connectivity index is 2.38. The number of amides is 1. The molecule has 0 bridgehead atoms. The fourth-order valence-corrected chi connectivity index (χ4v) is 2.06. The molecule has 1 fully saturated rings. The third-order valence-electron chi connectivity index (χ3n) is 3.27.